The predicted octanol–water partition coefficient (Wildman–Crippen LogP) is 2.04. The van der Waals surface area contributed by atoms with Gasteiger partial charge in [-0.15, -0.1) is 0 Å². The van der Waals surface area contributed by atoms with Gasteiger partial charge in [0.15, 0.2) is 0 Å². The molecule has 0 spiro atoms. The van der Waals surface area contributed by atoms with E-state index in [1.165, 1.54) is 0 Å². The molecule has 3 nitrogen and oxygen atoms in total. The summed E-state index contributed by atoms with van der Waals surface area (Å²) in [5.74, 6) is 0.170. The van der Waals surface area contributed by atoms with Crippen LogP contribution in [-0.4, -0.2) is 21.8 Å². The number of rotatable bonds is 1. The fraction of sp³-hybridized carbons (Fsp3) is 0.917. The average Bonchev–Trinajstić information content (AvgIpc) is 1.97. The first-order chi connectivity index (χ1) is 6.83. The highest BCUT2D eigenvalue weighted by atomic mass is 16.4. The van der Waals surface area contributed by atoms with Crippen LogP contribution in [0.4, 0.5) is 0 Å². The molecule has 0 aromatic rings. The summed E-state index contributed by atoms with van der Waals surface area (Å²) in [6.45, 7) is 3.91. The minimum atomic E-state index is -0.776. The topological polar surface area (TPSA) is 57.5 Å². The maximum absolute atomic E-state index is 11.4. The van der Waals surface area contributed by atoms with E-state index in [1.54, 1.807) is 6.92 Å². The molecule has 4 atom stereocenters. The highest BCUT2D eigenvalue weighted by Crippen LogP contribution is 2.54. The van der Waals surface area contributed by atoms with Gasteiger partial charge in [0, 0.05) is 0 Å². The van der Waals surface area contributed by atoms with Gasteiger partial charge in [-0.1, -0.05) is 6.92 Å². The summed E-state index contributed by atoms with van der Waals surface area (Å²) in [5, 5.41) is 19.5. The summed E-state index contributed by atoms with van der Waals surface area (Å²) >= 11 is 0. The van der Waals surface area contributed by atoms with Crippen LogP contribution in [0.1, 0.15) is 46.0 Å². The second-order valence-electron chi connectivity index (χ2n) is 6.08. The van der Waals surface area contributed by atoms with E-state index in [2.05, 4.69) is 6.92 Å². The van der Waals surface area contributed by atoms with Crippen LogP contribution in [0.3, 0.4) is 0 Å². The van der Waals surface area contributed by atoms with Gasteiger partial charge < -0.3 is 10.2 Å². The number of fused-ring (bicyclic) bond motifs is 2. The highest BCUT2D eigenvalue weighted by molar-refractivity contribution is 5.75. The normalized spacial score (nSPS) is 50.1. The van der Waals surface area contributed by atoms with E-state index >= 15 is 0 Å². The van der Waals surface area contributed by atoms with Crippen LogP contribution >= 0.6 is 0 Å². The van der Waals surface area contributed by atoms with Crippen molar-refractivity contribution in [2.24, 2.45) is 17.3 Å². The molecule has 2 N–H and O–H groups in total. The Balaban J connectivity index is 2.29. The number of carboxylic acid groups (broad SMARTS) is 1. The van der Waals surface area contributed by atoms with Gasteiger partial charge >= 0.3 is 5.97 Å². The van der Waals surface area contributed by atoms with Crippen molar-refractivity contribution in [3.05, 3.63) is 0 Å². The summed E-state index contributed by atoms with van der Waals surface area (Å²) < 4.78 is 0. The monoisotopic (exact) mass is 212 g/mol. The van der Waals surface area contributed by atoms with Crippen molar-refractivity contribution in [2.45, 2.75) is 51.6 Å². The third-order valence-corrected chi connectivity index (χ3v) is 4.06. The molecule has 3 heteroatoms. The summed E-state index contributed by atoms with van der Waals surface area (Å²) in [5.41, 5.74) is -1.43. The van der Waals surface area contributed by atoms with Crippen LogP contribution in [0.5, 0.6) is 0 Å². The molecule has 2 aliphatic rings. The molecule has 0 aromatic heterocycles. The quantitative estimate of drug-likeness (QED) is 0.699. The van der Waals surface area contributed by atoms with E-state index < -0.39 is 17.0 Å². The van der Waals surface area contributed by atoms with Crippen LogP contribution in [0.2, 0.25) is 0 Å². The zero-order valence-electron chi connectivity index (χ0n) is 9.49. The van der Waals surface area contributed by atoms with E-state index in [4.69, 9.17) is 0 Å². The third kappa shape index (κ3) is 1.89. The molecule has 0 amide bonds. The van der Waals surface area contributed by atoms with Gasteiger partial charge in [0.2, 0.25) is 0 Å². The minimum absolute atomic E-state index is 0.397. The lowest BCUT2D eigenvalue weighted by Crippen LogP contribution is -2.50. The summed E-state index contributed by atoms with van der Waals surface area (Å²) in [6, 6.07) is 0. The number of carbonyl (C=O) groups is 1. The molecule has 0 saturated heterocycles. The standard InChI is InChI=1S/C12H20O3/c1-8-3-9-5-11(2,15)7-12(4-8,6-9)10(13)14/h8-9,15H,3-7H2,1-2H3,(H,13,14). The van der Waals surface area contributed by atoms with Crippen molar-refractivity contribution in [3.63, 3.8) is 0 Å². The predicted molar refractivity (Wildman–Crippen MR) is 56.4 cm³/mol. The summed E-state index contributed by atoms with van der Waals surface area (Å²) in [4.78, 5) is 11.4. The molecule has 2 bridgehead atoms. The first-order valence-corrected chi connectivity index (χ1v) is 5.79. The Bertz CT molecular complexity index is 281. The van der Waals surface area contributed by atoms with E-state index in [-0.39, 0.29) is 0 Å². The third-order valence-electron chi connectivity index (χ3n) is 4.06. The van der Waals surface area contributed by atoms with Crippen LogP contribution < -0.4 is 0 Å². The second kappa shape index (κ2) is 3.21. The van der Waals surface area contributed by atoms with E-state index in [9.17, 15) is 15.0 Å². The molecule has 2 saturated carbocycles. The first kappa shape index (κ1) is 10.9. The largest absolute Gasteiger partial charge is 0.481 e. The van der Waals surface area contributed by atoms with Crippen molar-refractivity contribution < 1.29 is 15.0 Å². The molecule has 2 rings (SSSR count). The van der Waals surface area contributed by atoms with Crippen LogP contribution in [0.25, 0.3) is 0 Å². The number of aliphatic carboxylic acids is 1. The first-order valence-electron chi connectivity index (χ1n) is 5.79. The fourth-order valence-corrected chi connectivity index (χ4v) is 4.01. The SMILES string of the molecule is CC1CC2CC(C)(O)CC(C(=O)O)(C1)C2. The molecule has 2 aliphatic carbocycles. The lowest BCUT2D eigenvalue weighted by atomic mass is 9.55. The Morgan fingerprint density at radius 1 is 1.33 bits per heavy atom. The van der Waals surface area contributed by atoms with Crippen molar-refractivity contribution in [2.75, 3.05) is 0 Å². The fourth-order valence-electron chi connectivity index (χ4n) is 4.01. The van der Waals surface area contributed by atoms with Gasteiger partial charge in [0.05, 0.1) is 11.0 Å². The van der Waals surface area contributed by atoms with Gasteiger partial charge in [-0.2, -0.15) is 0 Å². The zero-order chi connectivity index (χ0) is 11.3. The molecule has 0 aromatic carbocycles. The van der Waals surface area contributed by atoms with Crippen molar-refractivity contribution in [1.29, 1.82) is 0 Å². The number of hydrogen-bond acceptors (Lipinski definition) is 2. The van der Waals surface area contributed by atoms with E-state index in [0.29, 0.717) is 18.3 Å². The Kier molecular flexibility index (Phi) is 2.34. The molecule has 0 radical (unpaired) electrons. The van der Waals surface area contributed by atoms with Crippen molar-refractivity contribution in [3.8, 4) is 0 Å². The smallest absolute Gasteiger partial charge is 0.309 e. The van der Waals surface area contributed by atoms with Crippen LogP contribution in [-0.2, 0) is 4.79 Å². The van der Waals surface area contributed by atoms with E-state index in [0.717, 1.165) is 25.7 Å². The highest BCUT2D eigenvalue weighted by Gasteiger charge is 2.53. The maximum Gasteiger partial charge on any atom is 0.309 e. The Morgan fingerprint density at radius 3 is 2.60 bits per heavy atom. The lowest BCUT2D eigenvalue weighted by Gasteiger charge is -2.50. The molecule has 0 aliphatic heterocycles. The maximum atomic E-state index is 11.4. The molecular formula is C12H20O3. The number of hydrogen-bond donors (Lipinski definition) is 2. The molecular weight excluding hydrogens is 192 g/mol. The number of aliphatic hydroxyl groups is 1. The summed E-state index contributed by atoms with van der Waals surface area (Å²) in [6.07, 6.45) is 3.77. The molecule has 2 fully saturated rings. The van der Waals surface area contributed by atoms with Gasteiger partial charge in [0.1, 0.15) is 0 Å². The van der Waals surface area contributed by atoms with Gasteiger partial charge in [-0.25, -0.2) is 0 Å². The molecule has 86 valence electrons. The molecule has 0 heterocycles. The molecule has 4 unspecified atom stereocenters. The zero-order valence-corrected chi connectivity index (χ0v) is 9.49. The average molecular weight is 212 g/mol. The van der Waals surface area contributed by atoms with Crippen LogP contribution in [0, 0.1) is 17.3 Å². The summed E-state index contributed by atoms with van der Waals surface area (Å²) in [7, 11) is 0. The minimum Gasteiger partial charge on any atom is -0.481 e. The van der Waals surface area contributed by atoms with Crippen molar-refractivity contribution >= 4 is 5.97 Å². The van der Waals surface area contributed by atoms with Gasteiger partial charge in [-0.05, 0) is 50.9 Å². The van der Waals surface area contributed by atoms with Crippen LogP contribution in [0.15, 0.2) is 0 Å². The van der Waals surface area contributed by atoms with Gasteiger partial charge in [-0.3, -0.25) is 4.79 Å². The Morgan fingerprint density at radius 2 is 2.00 bits per heavy atom. The van der Waals surface area contributed by atoms with E-state index in [1.807, 2.05) is 0 Å². The lowest BCUT2D eigenvalue weighted by molar-refractivity contribution is -0.167. The molecule has 15 heavy (non-hydrogen) atoms. The van der Waals surface area contributed by atoms with Crippen molar-refractivity contribution in [1.82, 2.24) is 0 Å². The van der Waals surface area contributed by atoms with Gasteiger partial charge in [0.25, 0.3) is 0 Å². The Hall–Kier alpha value is -0.570. The number of carboxylic acids is 1. The second-order valence-corrected chi connectivity index (χ2v) is 6.08. The Labute approximate surface area is 90.5 Å².